The smallest absolute Gasteiger partial charge is 0.132 e. The van der Waals surface area contributed by atoms with Crippen molar-refractivity contribution < 1.29 is 4.55 Å². The minimum absolute atomic E-state index is 0.357. The summed E-state index contributed by atoms with van der Waals surface area (Å²) in [5, 5.41) is 0. The average Bonchev–Trinajstić information content (AvgIpc) is 2.04. The van der Waals surface area contributed by atoms with Crippen molar-refractivity contribution in [2.45, 2.75) is 18.6 Å². The summed E-state index contributed by atoms with van der Waals surface area (Å²) in [6, 6.07) is 3.93. The molecule has 2 atom stereocenters. The molecule has 0 spiro atoms. The molecule has 0 fully saturated rings. The van der Waals surface area contributed by atoms with Crippen molar-refractivity contribution in [2.75, 3.05) is 5.75 Å². The molecule has 3 heteroatoms. The van der Waals surface area contributed by atoms with Crippen LogP contribution in [0.1, 0.15) is 24.1 Å². The molecule has 0 saturated carbocycles. The van der Waals surface area contributed by atoms with E-state index in [9.17, 15) is 4.55 Å². The Balaban J connectivity index is 2.40. The average molecular weight is 181 g/mol. The van der Waals surface area contributed by atoms with Crippen LogP contribution in [0.2, 0.25) is 0 Å². The first kappa shape index (κ1) is 8.08. The normalized spacial score (nSPS) is 28.2. The highest BCUT2D eigenvalue weighted by molar-refractivity contribution is 7.90. The molecule has 0 radical (unpaired) electrons. The third-order valence-electron chi connectivity index (χ3n) is 2.15. The Labute approximate surface area is 75.2 Å². The van der Waals surface area contributed by atoms with Gasteiger partial charge in [0.15, 0.2) is 0 Å². The number of aromatic nitrogens is 1. The number of fused-ring (bicyclic) bond motifs is 1. The molecule has 0 aliphatic carbocycles. The van der Waals surface area contributed by atoms with Crippen LogP contribution in [0.5, 0.6) is 0 Å². The van der Waals surface area contributed by atoms with Crippen LogP contribution in [0.3, 0.4) is 0 Å². The summed E-state index contributed by atoms with van der Waals surface area (Å²) >= 11 is -0.672. The quantitative estimate of drug-likeness (QED) is 0.568. The maximum absolute atomic E-state index is 11.3. The molecular weight excluding hydrogens is 170 g/mol. The number of rotatable bonds is 0. The van der Waals surface area contributed by atoms with Gasteiger partial charge >= 0.3 is 0 Å². The van der Waals surface area contributed by atoms with E-state index in [4.69, 9.17) is 0 Å². The predicted octanol–water partition coefficient (Wildman–Crippen LogP) is 1.45. The van der Waals surface area contributed by atoms with Crippen LogP contribution in [-0.4, -0.2) is 15.3 Å². The van der Waals surface area contributed by atoms with Crippen LogP contribution in [0.25, 0.3) is 0 Å². The maximum atomic E-state index is 11.3. The number of hydrogen-bond acceptors (Lipinski definition) is 2. The van der Waals surface area contributed by atoms with E-state index in [1.54, 1.807) is 0 Å². The molecule has 2 heterocycles. The fourth-order valence-corrected chi connectivity index (χ4v) is 3.03. The summed E-state index contributed by atoms with van der Waals surface area (Å²) in [7, 11) is 0. The molecular formula is C9H11NOS. The summed E-state index contributed by atoms with van der Waals surface area (Å²) in [6.07, 6.45) is 1.81. The molecule has 1 aromatic heterocycles. The van der Waals surface area contributed by atoms with Gasteiger partial charge < -0.3 is 4.55 Å². The first-order chi connectivity index (χ1) is 5.77. The van der Waals surface area contributed by atoms with E-state index in [1.807, 2.05) is 18.3 Å². The molecule has 0 N–H and O–H groups in total. The Kier molecular flexibility index (Phi) is 2.07. The first-order valence-corrected chi connectivity index (χ1v) is 5.55. The molecule has 0 aromatic carbocycles. The van der Waals surface area contributed by atoms with Crippen LogP contribution in [-0.2, 0) is 16.9 Å². The molecule has 0 amide bonds. The van der Waals surface area contributed by atoms with Gasteiger partial charge in [-0.3, -0.25) is 4.98 Å². The molecule has 1 aliphatic rings. The standard InChI is InChI=1S/C9H11NOS/c1-7-5-12(11)6-8-3-2-4-10-9(7)8/h2-4,7H,5-6H2,1H3. The second-order valence-electron chi connectivity index (χ2n) is 3.20. The largest absolute Gasteiger partial charge is 0.616 e. The van der Waals surface area contributed by atoms with Crippen molar-refractivity contribution in [1.29, 1.82) is 0 Å². The Morgan fingerprint density at radius 3 is 3.33 bits per heavy atom. The molecule has 0 saturated heterocycles. The van der Waals surface area contributed by atoms with Gasteiger partial charge in [-0.05, 0) is 17.2 Å². The summed E-state index contributed by atoms with van der Waals surface area (Å²) in [5.74, 6) is 1.81. The van der Waals surface area contributed by atoms with Gasteiger partial charge in [0.25, 0.3) is 0 Å². The third kappa shape index (κ3) is 1.34. The number of hydrogen-bond donors (Lipinski definition) is 0. The highest BCUT2D eigenvalue weighted by Crippen LogP contribution is 2.26. The van der Waals surface area contributed by atoms with Gasteiger partial charge in [0, 0.05) is 17.7 Å². The summed E-state index contributed by atoms with van der Waals surface area (Å²) in [6.45, 7) is 2.09. The van der Waals surface area contributed by atoms with Gasteiger partial charge in [0.1, 0.15) is 11.5 Å². The zero-order valence-corrected chi connectivity index (χ0v) is 7.80. The van der Waals surface area contributed by atoms with E-state index in [2.05, 4.69) is 11.9 Å². The van der Waals surface area contributed by atoms with Crippen LogP contribution >= 0.6 is 0 Å². The van der Waals surface area contributed by atoms with Gasteiger partial charge in [-0.1, -0.05) is 13.0 Å². The SMILES string of the molecule is CC1C[S+]([O-])Cc2cccnc21. The topological polar surface area (TPSA) is 36.0 Å². The Hall–Kier alpha value is -0.540. The van der Waals surface area contributed by atoms with Crippen LogP contribution in [0.15, 0.2) is 18.3 Å². The van der Waals surface area contributed by atoms with E-state index < -0.39 is 11.2 Å². The van der Waals surface area contributed by atoms with E-state index in [0.717, 1.165) is 17.0 Å². The molecule has 64 valence electrons. The fourth-order valence-electron chi connectivity index (χ4n) is 1.61. The lowest BCUT2D eigenvalue weighted by atomic mass is 10.0. The van der Waals surface area contributed by atoms with E-state index in [1.165, 1.54) is 0 Å². The Morgan fingerprint density at radius 2 is 2.50 bits per heavy atom. The maximum Gasteiger partial charge on any atom is 0.132 e. The molecule has 2 nitrogen and oxygen atoms in total. The van der Waals surface area contributed by atoms with Gasteiger partial charge in [0.05, 0.1) is 5.69 Å². The summed E-state index contributed by atoms with van der Waals surface area (Å²) in [4.78, 5) is 4.30. The van der Waals surface area contributed by atoms with Crippen molar-refractivity contribution in [2.24, 2.45) is 0 Å². The van der Waals surface area contributed by atoms with Crippen molar-refractivity contribution in [3.63, 3.8) is 0 Å². The second-order valence-corrected chi connectivity index (χ2v) is 4.70. The molecule has 2 rings (SSSR count). The van der Waals surface area contributed by atoms with E-state index in [-0.39, 0.29) is 0 Å². The highest BCUT2D eigenvalue weighted by atomic mass is 32.2. The zero-order chi connectivity index (χ0) is 8.55. The zero-order valence-electron chi connectivity index (χ0n) is 6.99. The Bertz CT molecular complexity index is 290. The van der Waals surface area contributed by atoms with Crippen molar-refractivity contribution in [3.8, 4) is 0 Å². The van der Waals surface area contributed by atoms with E-state index in [0.29, 0.717) is 11.7 Å². The second kappa shape index (κ2) is 3.07. The highest BCUT2D eigenvalue weighted by Gasteiger charge is 2.25. The minimum Gasteiger partial charge on any atom is -0.616 e. The molecule has 2 unspecified atom stereocenters. The van der Waals surface area contributed by atoms with Gasteiger partial charge in [-0.2, -0.15) is 0 Å². The monoisotopic (exact) mass is 181 g/mol. The minimum atomic E-state index is -0.672. The number of nitrogens with zero attached hydrogens (tertiary/aromatic N) is 1. The van der Waals surface area contributed by atoms with Crippen molar-refractivity contribution in [1.82, 2.24) is 4.98 Å². The lowest BCUT2D eigenvalue weighted by Crippen LogP contribution is -2.23. The summed E-state index contributed by atoms with van der Waals surface area (Å²) in [5.41, 5.74) is 2.30. The van der Waals surface area contributed by atoms with Crippen LogP contribution in [0, 0.1) is 0 Å². The van der Waals surface area contributed by atoms with Crippen molar-refractivity contribution in [3.05, 3.63) is 29.6 Å². The lowest BCUT2D eigenvalue weighted by Gasteiger charge is -2.23. The first-order valence-electron chi connectivity index (χ1n) is 4.06. The molecule has 1 aliphatic heterocycles. The molecule has 0 bridgehead atoms. The molecule has 12 heavy (non-hydrogen) atoms. The predicted molar refractivity (Wildman–Crippen MR) is 49.4 cm³/mol. The van der Waals surface area contributed by atoms with Crippen LogP contribution in [0.4, 0.5) is 0 Å². The van der Waals surface area contributed by atoms with Crippen LogP contribution < -0.4 is 0 Å². The molecule has 1 aromatic rings. The van der Waals surface area contributed by atoms with Gasteiger partial charge in [-0.15, -0.1) is 0 Å². The fraction of sp³-hybridized carbons (Fsp3) is 0.444. The Morgan fingerprint density at radius 1 is 1.67 bits per heavy atom. The van der Waals surface area contributed by atoms with Crippen molar-refractivity contribution >= 4 is 11.2 Å². The third-order valence-corrected chi connectivity index (χ3v) is 3.65. The van der Waals surface area contributed by atoms with Gasteiger partial charge in [0.2, 0.25) is 0 Å². The summed E-state index contributed by atoms with van der Waals surface area (Å²) < 4.78 is 11.3. The van der Waals surface area contributed by atoms with E-state index >= 15 is 0 Å². The number of pyridine rings is 1. The van der Waals surface area contributed by atoms with Gasteiger partial charge in [-0.25, -0.2) is 0 Å². The lowest BCUT2D eigenvalue weighted by molar-refractivity contribution is 0.581.